The van der Waals surface area contributed by atoms with Crippen LogP contribution < -0.4 is 0 Å². The van der Waals surface area contributed by atoms with Crippen molar-refractivity contribution in [2.75, 3.05) is 6.61 Å². The highest BCUT2D eigenvalue weighted by Gasteiger charge is 2.60. The van der Waals surface area contributed by atoms with Crippen molar-refractivity contribution in [3.63, 3.8) is 0 Å². The quantitative estimate of drug-likeness (QED) is 0.805. The summed E-state index contributed by atoms with van der Waals surface area (Å²) >= 11 is 0. The maximum atomic E-state index is 12.9. The number of aliphatic hydroxyl groups excluding tert-OH is 1. The Kier molecular flexibility index (Phi) is 4.16. The minimum absolute atomic E-state index is 0.00261. The summed E-state index contributed by atoms with van der Waals surface area (Å²) in [5.41, 5.74) is -0.715. The Labute approximate surface area is 150 Å². The lowest BCUT2D eigenvalue weighted by atomic mass is 9.48. The molecule has 140 valence electrons. The van der Waals surface area contributed by atoms with Crippen LogP contribution in [0.5, 0.6) is 0 Å². The standard InChI is InChI=1S/C21H32O4/c1-20(25)7-5-13-12-6-8-21(2)16(3-4-17(21)19(24)11-22)14(12)9-18(23)15(13)10-20/h12-17,22,25H,3-11H2,1-2H3/t12-,13-,14-,15-,16+,17-,20+,21+/m1/s1. The molecule has 25 heavy (non-hydrogen) atoms. The zero-order valence-electron chi connectivity index (χ0n) is 15.5. The van der Waals surface area contributed by atoms with Crippen molar-refractivity contribution < 1.29 is 19.8 Å². The third kappa shape index (κ3) is 2.63. The van der Waals surface area contributed by atoms with E-state index in [0.29, 0.717) is 42.3 Å². The summed E-state index contributed by atoms with van der Waals surface area (Å²) in [6.45, 7) is 3.77. The van der Waals surface area contributed by atoms with Gasteiger partial charge in [-0.1, -0.05) is 6.92 Å². The van der Waals surface area contributed by atoms with Gasteiger partial charge in [0.1, 0.15) is 12.4 Å². The van der Waals surface area contributed by atoms with Gasteiger partial charge in [-0.3, -0.25) is 9.59 Å². The minimum atomic E-state index is -0.682. The van der Waals surface area contributed by atoms with Crippen LogP contribution in [-0.2, 0) is 9.59 Å². The predicted molar refractivity (Wildman–Crippen MR) is 93.7 cm³/mol. The molecule has 8 atom stereocenters. The smallest absolute Gasteiger partial charge is 0.161 e. The first-order chi connectivity index (χ1) is 11.8. The Bertz CT molecular complexity index is 582. The number of ketones is 2. The molecule has 4 saturated carbocycles. The van der Waals surface area contributed by atoms with Gasteiger partial charge in [-0.2, -0.15) is 0 Å². The summed E-state index contributed by atoms with van der Waals surface area (Å²) in [7, 11) is 0. The topological polar surface area (TPSA) is 74.6 Å². The Morgan fingerprint density at radius 1 is 1.08 bits per heavy atom. The van der Waals surface area contributed by atoms with Crippen molar-refractivity contribution >= 4 is 11.6 Å². The second kappa shape index (κ2) is 5.88. The predicted octanol–water partition coefficient (Wildman–Crippen LogP) is 2.75. The molecular formula is C21H32O4. The van der Waals surface area contributed by atoms with Gasteiger partial charge in [-0.05, 0) is 81.0 Å². The van der Waals surface area contributed by atoms with Gasteiger partial charge < -0.3 is 10.2 Å². The SMILES string of the molecule is C[C@]1(O)CC[C@@H]2[C@H]3CC[C@]4(C)[C@@H](C(=O)CO)CC[C@H]4[C@@H]3CC(=O)[C@@H]2C1. The Hall–Kier alpha value is -0.740. The fourth-order valence-corrected chi connectivity index (χ4v) is 7.44. The van der Waals surface area contributed by atoms with E-state index in [9.17, 15) is 19.8 Å². The van der Waals surface area contributed by atoms with Gasteiger partial charge in [0.2, 0.25) is 0 Å². The van der Waals surface area contributed by atoms with Gasteiger partial charge in [0.15, 0.2) is 5.78 Å². The number of rotatable bonds is 2. The molecule has 4 aliphatic carbocycles. The fourth-order valence-electron chi connectivity index (χ4n) is 7.44. The lowest BCUT2D eigenvalue weighted by Gasteiger charge is -2.56. The molecule has 0 saturated heterocycles. The van der Waals surface area contributed by atoms with Crippen molar-refractivity contribution in [2.45, 2.75) is 70.8 Å². The van der Waals surface area contributed by atoms with Crippen molar-refractivity contribution in [2.24, 2.45) is 40.9 Å². The van der Waals surface area contributed by atoms with Crippen LogP contribution in [0.25, 0.3) is 0 Å². The van der Waals surface area contributed by atoms with Crippen LogP contribution in [0.4, 0.5) is 0 Å². The van der Waals surface area contributed by atoms with Crippen molar-refractivity contribution in [3.05, 3.63) is 0 Å². The van der Waals surface area contributed by atoms with Gasteiger partial charge >= 0.3 is 0 Å². The van der Waals surface area contributed by atoms with E-state index >= 15 is 0 Å². The zero-order chi connectivity index (χ0) is 18.0. The molecule has 4 nitrogen and oxygen atoms in total. The van der Waals surface area contributed by atoms with Crippen molar-refractivity contribution in [1.82, 2.24) is 0 Å². The number of aliphatic hydroxyl groups is 2. The molecule has 0 aromatic heterocycles. The van der Waals surface area contributed by atoms with E-state index < -0.39 is 5.60 Å². The largest absolute Gasteiger partial charge is 0.390 e. The summed E-state index contributed by atoms with van der Waals surface area (Å²) in [4.78, 5) is 25.2. The monoisotopic (exact) mass is 348 g/mol. The fraction of sp³-hybridized carbons (Fsp3) is 0.905. The molecule has 4 rings (SSSR count). The lowest BCUT2D eigenvalue weighted by Crippen LogP contribution is -2.54. The maximum absolute atomic E-state index is 12.9. The molecule has 0 aromatic carbocycles. The van der Waals surface area contributed by atoms with E-state index in [1.807, 2.05) is 6.92 Å². The summed E-state index contributed by atoms with van der Waals surface area (Å²) in [5, 5.41) is 19.8. The normalized spacial score (nSPS) is 52.2. The summed E-state index contributed by atoms with van der Waals surface area (Å²) in [6, 6.07) is 0. The average molecular weight is 348 g/mol. The van der Waals surface area contributed by atoms with E-state index in [-0.39, 0.29) is 29.6 Å². The van der Waals surface area contributed by atoms with Crippen LogP contribution >= 0.6 is 0 Å². The summed E-state index contributed by atoms with van der Waals surface area (Å²) in [6.07, 6.45) is 7.09. The molecule has 0 heterocycles. The Morgan fingerprint density at radius 2 is 1.80 bits per heavy atom. The molecule has 0 unspecified atom stereocenters. The average Bonchev–Trinajstić information content (AvgIpc) is 2.91. The highest BCUT2D eigenvalue weighted by Crippen LogP contribution is 2.64. The first-order valence-corrected chi connectivity index (χ1v) is 10.2. The van der Waals surface area contributed by atoms with Crippen LogP contribution in [0.3, 0.4) is 0 Å². The zero-order valence-corrected chi connectivity index (χ0v) is 15.5. The second-order valence-corrected chi connectivity index (χ2v) is 9.91. The number of Topliss-reactive ketones (excluding diaryl/α,β-unsaturated/α-hetero) is 2. The molecule has 0 amide bonds. The third-order valence-corrected chi connectivity index (χ3v) is 8.63. The first-order valence-electron chi connectivity index (χ1n) is 10.2. The van der Waals surface area contributed by atoms with Gasteiger partial charge in [-0.15, -0.1) is 0 Å². The Balaban J connectivity index is 1.59. The summed E-state index contributed by atoms with van der Waals surface area (Å²) < 4.78 is 0. The minimum Gasteiger partial charge on any atom is -0.390 e. The van der Waals surface area contributed by atoms with Gasteiger partial charge in [-0.25, -0.2) is 0 Å². The maximum Gasteiger partial charge on any atom is 0.161 e. The van der Waals surface area contributed by atoms with E-state index in [1.54, 1.807) is 0 Å². The number of carbonyl (C=O) groups is 2. The van der Waals surface area contributed by atoms with Crippen LogP contribution in [0, 0.1) is 40.9 Å². The highest BCUT2D eigenvalue weighted by molar-refractivity contribution is 5.84. The molecule has 0 spiro atoms. The first kappa shape index (κ1) is 17.7. The molecular weight excluding hydrogens is 316 g/mol. The van der Waals surface area contributed by atoms with E-state index in [2.05, 4.69) is 6.92 Å². The van der Waals surface area contributed by atoms with Gasteiger partial charge in [0.25, 0.3) is 0 Å². The molecule has 4 fully saturated rings. The second-order valence-electron chi connectivity index (χ2n) is 9.91. The van der Waals surface area contributed by atoms with Crippen LogP contribution in [0.2, 0.25) is 0 Å². The molecule has 0 bridgehead atoms. The van der Waals surface area contributed by atoms with Crippen LogP contribution in [-0.4, -0.2) is 34.0 Å². The van der Waals surface area contributed by atoms with Gasteiger partial charge in [0.05, 0.1) is 5.60 Å². The number of fused-ring (bicyclic) bond motifs is 5. The van der Waals surface area contributed by atoms with Gasteiger partial charge in [0, 0.05) is 18.3 Å². The third-order valence-electron chi connectivity index (χ3n) is 8.63. The molecule has 0 aliphatic heterocycles. The van der Waals surface area contributed by atoms with Crippen LogP contribution in [0.1, 0.15) is 65.2 Å². The van der Waals surface area contributed by atoms with E-state index in [0.717, 1.165) is 38.5 Å². The highest BCUT2D eigenvalue weighted by atomic mass is 16.3. The molecule has 0 radical (unpaired) electrons. The number of hydrogen-bond acceptors (Lipinski definition) is 4. The van der Waals surface area contributed by atoms with Crippen molar-refractivity contribution in [1.29, 1.82) is 0 Å². The Morgan fingerprint density at radius 3 is 2.52 bits per heavy atom. The van der Waals surface area contributed by atoms with Crippen molar-refractivity contribution in [3.8, 4) is 0 Å². The van der Waals surface area contributed by atoms with Crippen LogP contribution in [0.15, 0.2) is 0 Å². The molecule has 4 aliphatic rings. The summed E-state index contributed by atoms with van der Waals surface area (Å²) in [5.74, 6) is 2.24. The molecule has 4 heteroatoms. The molecule has 0 aromatic rings. The lowest BCUT2D eigenvalue weighted by molar-refractivity contribution is -0.150. The molecule has 2 N–H and O–H groups in total. The van der Waals surface area contributed by atoms with E-state index in [1.165, 1.54) is 0 Å². The van der Waals surface area contributed by atoms with E-state index in [4.69, 9.17) is 0 Å². The number of hydrogen-bond donors (Lipinski definition) is 2. The number of carbonyl (C=O) groups excluding carboxylic acids is 2.